The molecule has 21 heavy (non-hydrogen) atoms. The van der Waals surface area contributed by atoms with Gasteiger partial charge in [-0.2, -0.15) is 5.23 Å². The quantitative estimate of drug-likeness (QED) is 0.697. The number of quaternary nitrogens is 1. The Morgan fingerprint density at radius 2 is 1.90 bits per heavy atom. The van der Waals surface area contributed by atoms with Crippen LogP contribution in [0.1, 0.15) is 0 Å². The average molecular weight is 285 g/mol. The van der Waals surface area contributed by atoms with Crippen molar-refractivity contribution in [2.75, 3.05) is 0 Å². The lowest BCUT2D eigenvalue weighted by Crippen LogP contribution is -2.99. The fraction of sp³-hybridized carbons (Fsp3) is 0. The van der Waals surface area contributed by atoms with E-state index in [2.05, 4.69) is 5.16 Å². The van der Waals surface area contributed by atoms with Crippen LogP contribution in [0.3, 0.4) is 0 Å². The Hall–Kier alpha value is -2.74. The summed E-state index contributed by atoms with van der Waals surface area (Å²) in [6.45, 7) is 0. The van der Waals surface area contributed by atoms with E-state index in [0.717, 1.165) is 0 Å². The summed E-state index contributed by atoms with van der Waals surface area (Å²) in [6.07, 6.45) is 0. The van der Waals surface area contributed by atoms with Crippen molar-refractivity contribution in [3.63, 3.8) is 0 Å². The van der Waals surface area contributed by atoms with Crippen LogP contribution in [0.4, 0.5) is 5.69 Å². The monoisotopic (exact) mass is 285 g/mol. The van der Waals surface area contributed by atoms with Gasteiger partial charge in [0, 0.05) is 17.7 Å². The first kappa shape index (κ1) is 13.3. The van der Waals surface area contributed by atoms with E-state index in [-0.39, 0.29) is 5.69 Å². The first-order chi connectivity index (χ1) is 10.2. The molecule has 0 radical (unpaired) electrons. The van der Waals surface area contributed by atoms with E-state index in [1.807, 2.05) is 18.2 Å². The zero-order chi connectivity index (χ0) is 14.8. The Kier molecular flexibility index (Phi) is 3.36. The molecular formula is C14H11N3O4. The summed E-state index contributed by atoms with van der Waals surface area (Å²) in [6, 6.07) is 15.1. The highest BCUT2D eigenvalue weighted by molar-refractivity contribution is 5.58. The maximum atomic E-state index is 11.9. The highest BCUT2D eigenvalue weighted by Crippen LogP contribution is 2.20. The van der Waals surface area contributed by atoms with Gasteiger partial charge in [0.1, 0.15) is 0 Å². The maximum absolute atomic E-state index is 11.9. The zero-order valence-corrected chi connectivity index (χ0v) is 10.8. The van der Waals surface area contributed by atoms with Gasteiger partial charge in [0.15, 0.2) is 11.5 Å². The largest absolute Gasteiger partial charge is 0.595 e. The minimum absolute atomic E-state index is 0.0830. The molecule has 1 heterocycles. The van der Waals surface area contributed by atoms with Crippen LogP contribution in [0.2, 0.25) is 0 Å². The molecular weight excluding hydrogens is 274 g/mol. The standard InChI is InChI=1S/C14H11N3O4/c18-14-16(11-7-4-8-12(9-11)17(19)20)13(15-21-14)10-5-2-1-3-6-10/h1-9,17,19H. The van der Waals surface area contributed by atoms with Gasteiger partial charge in [-0.3, -0.25) is 4.52 Å². The molecule has 0 aliphatic carbocycles. The van der Waals surface area contributed by atoms with Gasteiger partial charge in [0.05, 0.1) is 5.69 Å². The van der Waals surface area contributed by atoms with Gasteiger partial charge < -0.3 is 5.21 Å². The van der Waals surface area contributed by atoms with Crippen molar-refractivity contribution in [1.82, 2.24) is 9.72 Å². The predicted molar refractivity (Wildman–Crippen MR) is 73.3 cm³/mol. The van der Waals surface area contributed by atoms with E-state index in [1.54, 1.807) is 24.3 Å². The van der Waals surface area contributed by atoms with E-state index in [4.69, 9.17) is 9.73 Å². The van der Waals surface area contributed by atoms with Gasteiger partial charge in [-0.05, 0) is 6.07 Å². The van der Waals surface area contributed by atoms with Gasteiger partial charge in [-0.15, -0.1) is 0 Å². The van der Waals surface area contributed by atoms with E-state index < -0.39 is 11.0 Å². The summed E-state index contributed by atoms with van der Waals surface area (Å²) in [5.41, 5.74) is 1.17. The molecule has 0 saturated heterocycles. The van der Waals surface area contributed by atoms with Gasteiger partial charge in [0.2, 0.25) is 0 Å². The first-order valence-corrected chi connectivity index (χ1v) is 6.15. The number of nitrogens with one attached hydrogen (secondary N) is 1. The van der Waals surface area contributed by atoms with Gasteiger partial charge in [0.25, 0.3) is 0 Å². The lowest BCUT2D eigenvalue weighted by Gasteiger charge is -2.12. The minimum Gasteiger partial charge on any atom is -0.595 e. The second-order valence-electron chi connectivity index (χ2n) is 4.33. The summed E-state index contributed by atoms with van der Waals surface area (Å²) in [5, 5.41) is 22.8. The minimum atomic E-state index is -1.07. The van der Waals surface area contributed by atoms with E-state index in [0.29, 0.717) is 17.1 Å². The van der Waals surface area contributed by atoms with Crippen LogP contribution in [0.15, 0.2) is 63.9 Å². The molecule has 3 rings (SSSR count). The van der Waals surface area contributed by atoms with Crippen molar-refractivity contribution < 1.29 is 15.0 Å². The molecule has 0 aliphatic heterocycles. The highest BCUT2D eigenvalue weighted by atomic mass is 16.8. The van der Waals surface area contributed by atoms with Crippen molar-refractivity contribution in [2.24, 2.45) is 0 Å². The lowest BCUT2D eigenvalue weighted by molar-refractivity contribution is -0.991. The second kappa shape index (κ2) is 5.33. The number of aromatic nitrogens is 2. The van der Waals surface area contributed by atoms with Crippen molar-refractivity contribution in [3.05, 3.63) is 70.4 Å². The first-order valence-electron chi connectivity index (χ1n) is 6.15. The Labute approximate surface area is 118 Å². The molecule has 7 heteroatoms. The topological polar surface area (TPSA) is 95.8 Å². The van der Waals surface area contributed by atoms with Gasteiger partial charge in [-0.25, -0.2) is 14.6 Å². The van der Waals surface area contributed by atoms with E-state index in [9.17, 15) is 10.0 Å². The number of hydrogen-bond acceptors (Lipinski definition) is 5. The normalized spacial score (nSPS) is 12.3. The van der Waals surface area contributed by atoms with Crippen LogP contribution < -0.4 is 11.0 Å². The molecule has 7 nitrogen and oxygen atoms in total. The molecule has 0 saturated carbocycles. The molecule has 1 unspecified atom stereocenters. The van der Waals surface area contributed by atoms with Crippen LogP contribution in [0, 0.1) is 5.21 Å². The summed E-state index contributed by atoms with van der Waals surface area (Å²) in [7, 11) is 0. The van der Waals surface area contributed by atoms with E-state index in [1.165, 1.54) is 16.7 Å². The fourth-order valence-electron chi connectivity index (χ4n) is 2.03. The molecule has 0 spiro atoms. The molecule has 0 bridgehead atoms. The number of nitrogens with zero attached hydrogens (tertiary/aromatic N) is 2. The van der Waals surface area contributed by atoms with Crippen molar-refractivity contribution in [2.45, 2.75) is 0 Å². The molecule has 1 atom stereocenters. The SMILES string of the molecule is O=c1onc(-c2ccccc2)n1-c1cccc([NH+]([O-])O)c1. The maximum Gasteiger partial charge on any atom is 0.446 e. The fourth-order valence-corrected chi connectivity index (χ4v) is 2.03. The highest BCUT2D eigenvalue weighted by Gasteiger charge is 2.15. The molecule has 106 valence electrons. The molecule has 0 aliphatic rings. The summed E-state index contributed by atoms with van der Waals surface area (Å²) in [5.74, 6) is -0.348. The number of hydrogen-bond donors (Lipinski definition) is 2. The number of rotatable bonds is 3. The zero-order valence-electron chi connectivity index (χ0n) is 10.8. The van der Waals surface area contributed by atoms with Crippen LogP contribution in [-0.4, -0.2) is 14.9 Å². The number of benzene rings is 2. The molecule has 3 aromatic rings. The van der Waals surface area contributed by atoms with Crippen molar-refractivity contribution in [3.8, 4) is 17.1 Å². The molecule has 2 N–H and O–H groups in total. The molecule has 2 aromatic carbocycles. The summed E-state index contributed by atoms with van der Waals surface area (Å²) < 4.78 is 5.95. The summed E-state index contributed by atoms with van der Waals surface area (Å²) >= 11 is 0. The Morgan fingerprint density at radius 3 is 2.62 bits per heavy atom. The average Bonchev–Trinajstić information content (AvgIpc) is 2.90. The van der Waals surface area contributed by atoms with Crippen LogP contribution >= 0.6 is 0 Å². The predicted octanol–water partition coefficient (Wildman–Crippen LogP) is 0.896. The Bertz CT molecular complexity index is 808. The smallest absolute Gasteiger partial charge is 0.446 e. The van der Waals surface area contributed by atoms with Gasteiger partial charge >= 0.3 is 5.76 Å². The third kappa shape index (κ3) is 2.48. The van der Waals surface area contributed by atoms with Crippen LogP contribution in [-0.2, 0) is 0 Å². The van der Waals surface area contributed by atoms with E-state index >= 15 is 0 Å². The third-order valence-corrected chi connectivity index (χ3v) is 2.99. The molecule has 0 amide bonds. The van der Waals surface area contributed by atoms with Crippen molar-refractivity contribution in [1.29, 1.82) is 0 Å². The summed E-state index contributed by atoms with van der Waals surface area (Å²) in [4.78, 5) is 11.9. The Balaban J connectivity index is 2.18. The second-order valence-corrected chi connectivity index (χ2v) is 4.33. The molecule has 0 fully saturated rings. The third-order valence-electron chi connectivity index (χ3n) is 2.99. The van der Waals surface area contributed by atoms with Crippen LogP contribution in [0.5, 0.6) is 0 Å². The Morgan fingerprint density at radius 1 is 1.14 bits per heavy atom. The van der Waals surface area contributed by atoms with Gasteiger partial charge in [-0.1, -0.05) is 41.6 Å². The van der Waals surface area contributed by atoms with Crippen LogP contribution in [0.25, 0.3) is 17.1 Å². The lowest BCUT2D eigenvalue weighted by atomic mass is 10.2. The molecule has 1 aromatic heterocycles. The van der Waals surface area contributed by atoms with Crippen molar-refractivity contribution >= 4 is 5.69 Å².